The Morgan fingerprint density at radius 3 is 2.62 bits per heavy atom. The van der Waals surface area contributed by atoms with E-state index in [-0.39, 0.29) is 35.1 Å². The monoisotopic (exact) mass is 411 g/mol. The van der Waals surface area contributed by atoms with E-state index in [4.69, 9.17) is 0 Å². The number of para-hydroxylation sites is 2. The fourth-order valence-corrected chi connectivity index (χ4v) is 4.54. The molecule has 0 aliphatic carbocycles. The number of H-pyrrole nitrogens is 1. The van der Waals surface area contributed by atoms with Crippen LogP contribution in [0.1, 0.15) is 31.3 Å². The highest BCUT2D eigenvalue weighted by molar-refractivity contribution is 7.90. The second-order valence-corrected chi connectivity index (χ2v) is 8.85. The quantitative estimate of drug-likeness (QED) is 0.596. The lowest BCUT2D eigenvalue weighted by atomic mass is 10.0. The zero-order valence-electron chi connectivity index (χ0n) is 16.0. The molecule has 0 spiro atoms. The molecule has 1 unspecified atom stereocenters. The van der Waals surface area contributed by atoms with Crippen LogP contribution in [-0.4, -0.2) is 36.7 Å². The summed E-state index contributed by atoms with van der Waals surface area (Å²) in [4.78, 5) is 24.7. The average Bonchev–Trinajstić information content (AvgIpc) is 3.23. The highest BCUT2D eigenvalue weighted by Crippen LogP contribution is 2.23. The van der Waals surface area contributed by atoms with E-state index < -0.39 is 10.0 Å². The first-order valence-electron chi connectivity index (χ1n) is 9.26. The van der Waals surface area contributed by atoms with Crippen LogP contribution in [0.5, 0.6) is 0 Å². The summed E-state index contributed by atoms with van der Waals surface area (Å²) >= 11 is 0. The third kappa shape index (κ3) is 3.73. The van der Waals surface area contributed by atoms with Gasteiger partial charge in [0, 0.05) is 5.56 Å². The molecule has 1 aliphatic rings. The predicted molar refractivity (Wildman–Crippen MR) is 110 cm³/mol. The molecule has 0 fully saturated rings. The van der Waals surface area contributed by atoms with Crippen LogP contribution in [0.25, 0.3) is 11.0 Å². The summed E-state index contributed by atoms with van der Waals surface area (Å²) < 4.78 is 26.7. The zero-order valence-corrected chi connectivity index (χ0v) is 16.8. The molecule has 1 aliphatic heterocycles. The third-order valence-corrected chi connectivity index (χ3v) is 6.13. The molecule has 2 heterocycles. The second-order valence-electron chi connectivity index (χ2n) is 7.19. The van der Waals surface area contributed by atoms with Crippen LogP contribution in [0.3, 0.4) is 0 Å². The zero-order chi connectivity index (χ0) is 20.6. The predicted octanol–water partition coefficient (Wildman–Crippen LogP) is 2.11. The van der Waals surface area contributed by atoms with Crippen LogP contribution in [0, 0.1) is 5.92 Å². The minimum Gasteiger partial charge on any atom is -0.344 e. The highest BCUT2D eigenvalue weighted by atomic mass is 32.2. The summed E-state index contributed by atoms with van der Waals surface area (Å²) in [5.41, 5.74) is 2.21. The van der Waals surface area contributed by atoms with Gasteiger partial charge in [0.05, 0.1) is 22.0 Å². The number of fused-ring (bicyclic) bond motifs is 2. The minimum atomic E-state index is -3.62. The number of hydrogen-bond donors (Lipinski definition) is 3. The number of aliphatic imine (C=N–C) groups is 1. The largest absolute Gasteiger partial charge is 0.344 e. The van der Waals surface area contributed by atoms with Crippen LogP contribution in [0.15, 0.2) is 58.4 Å². The van der Waals surface area contributed by atoms with E-state index in [0.29, 0.717) is 11.4 Å². The summed E-state index contributed by atoms with van der Waals surface area (Å²) in [6, 6.07) is 13.9. The Morgan fingerprint density at radius 2 is 1.86 bits per heavy atom. The molecular formula is C20H21N5O3S. The van der Waals surface area contributed by atoms with Crippen LogP contribution >= 0.6 is 0 Å². The number of carbonyl (C=O) groups excluding carboxylic acids is 1. The second kappa shape index (κ2) is 7.32. The molecule has 9 heteroatoms. The molecular weight excluding hydrogens is 390 g/mol. The van der Waals surface area contributed by atoms with Crippen molar-refractivity contribution in [3.05, 3.63) is 59.9 Å². The van der Waals surface area contributed by atoms with Gasteiger partial charge in [0.25, 0.3) is 10.0 Å². The standard InChI is InChI=1S/C20H21N5O3S/c1-12(2)18(20-22-14-8-4-5-9-15(14)23-20)24-17(26)11-21-19-13-7-3-6-10-16(13)29(27,28)25-19/h3-10,12,18H,11H2,1-2H3,(H,21,25)(H,22,23)(H,24,26). The van der Waals surface area contributed by atoms with E-state index in [2.05, 4.69) is 25.0 Å². The van der Waals surface area contributed by atoms with Crippen molar-refractivity contribution in [1.82, 2.24) is 20.0 Å². The van der Waals surface area contributed by atoms with Gasteiger partial charge in [-0.15, -0.1) is 0 Å². The number of nitrogens with zero attached hydrogens (tertiary/aromatic N) is 2. The molecule has 150 valence electrons. The van der Waals surface area contributed by atoms with E-state index in [1.165, 1.54) is 6.07 Å². The van der Waals surface area contributed by atoms with Gasteiger partial charge in [-0.1, -0.05) is 38.1 Å². The van der Waals surface area contributed by atoms with Crippen LogP contribution in [0.4, 0.5) is 0 Å². The lowest BCUT2D eigenvalue weighted by Crippen LogP contribution is -2.34. The van der Waals surface area contributed by atoms with Crippen LogP contribution < -0.4 is 10.0 Å². The van der Waals surface area contributed by atoms with Gasteiger partial charge >= 0.3 is 0 Å². The molecule has 3 N–H and O–H groups in total. The van der Waals surface area contributed by atoms with Gasteiger partial charge < -0.3 is 10.3 Å². The van der Waals surface area contributed by atoms with Gasteiger partial charge in [0.15, 0.2) is 0 Å². The van der Waals surface area contributed by atoms with Crippen molar-refractivity contribution in [2.24, 2.45) is 10.9 Å². The SMILES string of the molecule is CC(C)C(NC(=O)CN=C1NS(=O)(=O)c2ccccc21)c1nc2ccccc2[nH]1. The number of benzene rings is 2. The first-order chi connectivity index (χ1) is 13.8. The fraction of sp³-hybridized carbons (Fsp3) is 0.250. The first-order valence-corrected chi connectivity index (χ1v) is 10.7. The Labute approximate surface area is 168 Å². The third-order valence-electron chi connectivity index (χ3n) is 4.73. The number of rotatable bonds is 5. The maximum absolute atomic E-state index is 12.5. The topological polar surface area (TPSA) is 116 Å². The summed E-state index contributed by atoms with van der Waals surface area (Å²) in [7, 11) is -3.62. The van der Waals surface area contributed by atoms with Gasteiger partial charge in [0.2, 0.25) is 5.91 Å². The normalized spacial score (nSPS) is 17.3. The number of carbonyl (C=O) groups is 1. The molecule has 0 saturated heterocycles. The lowest BCUT2D eigenvalue weighted by Gasteiger charge is -2.19. The number of hydrogen-bond acceptors (Lipinski definition) is 5. The number of amidine groups is 1. The lowest BCUT2D eigenvalue weighted by molar-refractivity contribution is -0.120. The number of imidazole rings is 1. The average molecular weight is 411 g/mol. The molecule has 1 amide bonds. The van der Waals surface area contributed by atoms with E-state index >= 15 is 0 Å². The molecule has 1 atom stereocenters. The summed E-state index contributed by atoms with van der Waals surface area (Å²) in [6.45, 7) is 3.78. The van der Waals surface area contributed by atoms with E-state index in [1.807, 2.05) is 38.1 Å². The number of amides is 1. The van der Waals surface area contributed by atoms with Crippen molar-refractivity contribution in [2.75, 3.05) is 6.54 Å². The van der Waals surface area contributed by atoms with E-state index in [1.54, 1.807) is 18.2 Å². The smallest absolute Gasteiger partial charge is 0.263 e. The number of aromatic amines is 1. The van der Waals surface area contributed by atoms with E-state index in [9.17, 15) is 13.2 Å². The first kappa shape index (κ1) is 19.1. The van der Waals surface area contributed by atoms with Crippen LogP contribution in [-0.2, 0) is 14.8 Å². The maximum atomic E-state index is 12.5. The molecule has 1 aromatic heterocycles. The van der Waals surface area contributed by atoms with Crippen molar-refractivity contribution in [2.45, 2.75) is 24.8 Å². The minimum absolute atomic E-state index is 0.0953. The Morgan fingerprint density at radius 1 is 1.14 bits per heavy atom. The van der Waals surface area contributed by atoms with Crippen molar-refractivity contribution in [3.63, 3.8) is 0 Å². The molecule has 2 aromatic carbocycles. The number of sulfonamides is 1. The Hall–Kier alpha value is -3.20. The fourth-order valence-electron chi connectivity index (χ4n) is 3.29. The molecule has 8 nitrogen and oxygen atoms in total. The molecule has 29 heavy (non-hydrogen) atoms. The van der Waals surface area contributed by atoms with E-state index in [0.717, 1.165) is 11.0 Å². The van der Waals surface area contributed by atoms with Gasteiger partial charge in [0.1, 0.15) is 18.2 Å². The summed E-state index contributed by atoms with van der Waals surface area (Å²) in [5.74, 6) is 0.632. The van der Waals surface area contributed by atoms with Gasteiger partial charge in [-0.05, 0) is 30.2 Å². The molecule has 0 radical (unpaired) electrons. The molecule has 0 saturated carbocycles. The Balaban J connectivity index is 1.52. The van der Waals surface area contributed by atoms with Crippen molar-refractivity contribution in [1.29, 1.82) is 0 Å². The van der Waals surface area contributed by atoms with Gasteiger partial charge in [-0.3, -0.25) is 14.5 Å². The van der Waals surface area contributed by atoms with Crippen molar-refractivity contribution in [3.8, 4) is 0 Å². The Kier molecular flexibility index (Phi) is 4.83. The molecule has 0 bridgehead atoms. The Bertz CT molecular complexity index is 1180. The molecule has 4 rings (SSSR count). The van der Waals surface area contributed by atoms with Crippen LogP contribution in [0.2, 0.25) is 0 Å². The number of nitrogens with one attached hydrogen (secondary N) is 3. The maximum Gasteiger partial charge on any atom is 0.263 e. The molecule has 3 aromatic rings. The van der Waals surface area contributed by atoms with Crippen molar-refractivity contribution < 1.29 is 13.2 Å². The summed E-state index contributed by atoms with van der Waals surface area (Å²) in [6.07, 6.45) is 0. The van der Waals surface area contributed by atoms with Crippen molar-refractivity contribution >= 4 is 32.8 Å². The number of aromatic nitrogens is 2. The highest BCUT2D eigenvalue weighted by Gasteiger charge is 2.30. The van der Waals surface area contributed by atoms with Gasteiger partial charge in [-0.25, -0.2) is 13.4 Å². The van der Waals surface area contributed by atoms with Gasteiger partial charge in [-0.2, -0.15) is 0 Å². The summed E-state index contributed by atoms with van der Waals surface area (Å²) in [5, 5.41) is 2.95.